The van der Waals surface area contributed by atoms with Gasteiger partial charge in [0, 0.05) is 13.0 Å². The fourth-order valence-electron chi connectivity index (χ4n) is 1.57. The molecule has 0 saturated heterocycles. The third-order valence-electron chi connectivity index (χ3n) is 2.66. The van der Waals surface area contributed by atoms with Gasteiger partial charge in [-0.3, -0.25) is 9.59 Å². The molecule has 0 bridgehead atoms. The molecule has 104 valence electrons. The van der Waals surface area contributed by atoms with Crippen molar-refractivity contribution < 1.29 is 24.5 Å². The van der Waals surface area contributed by atoms with Gasteiger partial charge in [0.05, 0.1) is 7.11 Å². The van der Waals surface area contributed by atoms with Crippen molar-refractivity contribution in [1.29, 1.82) is 0 Å². The molecular formula is C13H17NO5. The molecule has 0 aliphatic carbocycles. The molecule has 6 nitrogen and oxygen atoms in total. The average molecular weight is 267 g/mol. The minimum Gasteiger partial charge on any atom is -0.497 e. The van der Waals surface area contributed by atoms with Crippen molar-refractivity contribution in [3.63, 3.8) is 0 Å². The summed E-state index contributed by atoms with van der Waals surface area (Å²) in [5.74, 6) is -1.32. The standard InChI is InChI=1S/C13H17NO5/c1-19-10-4-2-9(3-5-10)8-14-11(13(17)18)6-7-12(15)16/h2-5,11,14H,6-8H2,1H3,(H,15,16)(H,17,18). The molecule has 0 saturated carbocycles. The Morgan fingerprint density at radius 3 is 2.37 bits per heavy atom. The number of carboxylic acid groups (broad SMARTS) is 2. The van der Waals surface area contributed by atoms with E-state index in [4.69, 9.17) is 14.9 Å². The van der Waals surface area contributed by atoms with E-state index in [1.807, 2.05) is 12.1 Å². The second-order valence-corrected chi connectivity index (χ2v) is 4.05. The molecule has 0 fully saturated rings. The first-order valence-corrected chi connectivity index (χ1v) is 5.84. The molecule has 3 N–H and O–H groups in total. The number of carbonyl (C=O) groups is 2. The van der Waals surface area contributed by atoms with Crippen molar-refractivity contribution in [3.8, 4) is 5.75 Å². The Morgan fingerprint density at radius 1 is 1.26 bits per heavy atom. The first-order valence-electron chi connectivity index (χ1n) is 5.84. The summed E-state index contributed by atoms with van der Waals surface area (Å²) in [6.45, 7) is 0.362. The third-order valence-corrected chi connectivity index (χ3v) is 2.66. The number of hydrogen-bond donors (Lipinski definition) is 3. The maximum absolute atomic E-state index is 11.0. The molecule has 1 rings (SSSR count). The van der Waals surface area contributed by atoms with Crippen LogP contribution in [0, 0.1) is 0 Å². The molecule has 0 aliphatic heterocycles. The molecule has 0 aliphatic rings. The number of rotatable bonds is 8. The van der Waals surface area contributed by atoms with Crippen LogP contribution in [0.3, 0.4) is 0 Å². The van der Waals surface area contributed by atoms with Crippen molar-refractivity contribution in [2.24, 2.45) is 0 Å². The lowest BCUT2D eigenvalue weighted by atomic mass is 10.1. The van der Waals surface area contributed by atoms with Crippen LogP contribution in [0.15, 0.2) is 24.3 Å². The lowest BCUT2D eigenvalue weighted by Gasteiger charge is -2.13. The number of hydrogen-bond acceptors (Lipinski definition) is 4. The molecular weight excluding hydrogens is 250 g/mol. The second-order valence-electron chi connectivity index (χ2n) is 4.05. The van der Waals surface area contributed by atoms with Crippen molar-refractivity contribution in [2.45, 2.75) is 25.4 Å². The zero-order valence-electron chi connectivity index (χ0n) is 10.6. The average Bonchev–Trinajstić information content (AvgIpc) is 2.38. The number of benzene rings is 1. The van der Waals surface area contributed by atoms with Crippen molar-refractivity contribution in [1.82, 2.24) is 5.32 Å². The van der Waals surface area contributed by atoms with E-state index < -0.39 is 18.0 Å². The number of ether oxygens (including phenoxy) is 1. The first kappa shape index (κ1) is 15.0. The summed E-state index contributed by atoms with van der Waals surface area (Å²) in [5, 5.41) is 20.3. The quantitative estimate of drug-likeness (QED) is 0.653. The lowest BCUT2D eigenvalue weighted by Crippen LogP contribution is -2.36. The SMILES string of the molecule is COc1ccc(CNC(CCC(=O)O)C(=O)O)cc1. The summed E-state index contributed by atoms with van der Waals surface area (Å²) in [4.78, 5) is 21.4. The topological polar surface area (TPSA) is 95.9 Å². The molecule has 1 unspecified atom stereocenters. The Balaban J connectivity index is 2.50. The summed E-state index contributed by atoms with van der Waals surface area (Å²) in [5.41, 5.74) is 0.905. The summed E-state index contributed by atoms with van der Waals surface area (Å²) in [6.07, 6.45) is -0.118. The normalized spacial score (nSPS) is 11.8. The van der Waals surface area contributed by atoms with Crippen LogP contribution in [0.5, 0.6) is 5.75 Å². The van der Waals surface area contributed by atoms with Crippen LogP contribution in [0.2, 0.25) is 0 Å². The first-order chi connectivity index (χ1) is 9.02. The van der Waals surface area contributed by atoms with Gasteiger partial charge in [-0.1, -0.05) is 12.1 Å². The highest BCUT2D eigenvalue weighted by atomic mass is 16.5. The fraction of sp³-hybridized carbons (Fsp3) is 0.385. The van der Waals surface area contributed by atoms with Gasteiger partial charge in [0.25, 0.3) is 0 Å². The monoisotopic (exact) mass is 267 g/mol. The van der Waals surface area contributed by atoms with Gasteiger partial charge in [-0.25, -0.2) is 0 Å². The molecule has 0 heterocycles. The summed E-state index contributed by atoms with van der Waals surface area (Å²) in [6, 6.07) is 6.34. The molecule has 1 atom stereocenters. The van der Waals surface area contributed by atoms with Crippen LogP contribution in [0.4, 0.5) is 0 Å². The number of aliphatic carboxylic acids is 2. The molecule has 0 aromatic heterocycles. The Labute approximate surface area is 111 Å². The minimum absolute atomic E-state index is 0.0564. The van der Waals surface area contributed by atoms with Crippen molar-refractivity contribution in [3.05, 3.63) is 29.8 Å². The zero-order chi connectivity index (χ0) is 14.3. The van der Waals surface area contributed by atoms with E-state index in [1.54, 1.807) is 19.2 Å². The van der Waals surface area contributed by atoms with E-state index in [-0.39, 0.29) is 12.8 Å². The Bertz CT molecular complexity index is 429. The molecule has 6 heteroatoms. The highest BCUT2D eigenvalue weighted by molar-refractivity contribution is 5.75. The maximum Gasteiger partial charge on any atom is 0.320 e. The van der Waals surface area contributed by atoms with E-state index in [0.717, 1.165) is 11.3 Å². The van der Waals surface area contributed by atoms with E-state index in [9.17, 15) is 9.59 Å². The van der Waals surface area contributed by atoms with Crippen LogP contribution in [0.25, 0.3) is 0 Å². The van der Waals surface area contributed by atoms with Crippen LogP contribution in [0.1, 0.15) is 18.4 Å². The summed E-state index contributed by atoms with van der Waals surface area (Å²) in [7, 11) is 1.57. The lowest BCUT2D eigenvalue weighted by molar-refractivity contribution is -0.140. The predicted molar refractivity (Wildman–Crippen MR) is 68.1 cm³/mol. The number of nitrogens with one attached hydrogen (secondary N) is 1. The number of carboxylic acids is 2. The van der Waals surface area contributed by atoms with Crippen molar-refractivity contribution >= 4 is 11.9 Å². The minimum atomic E-state index is -1.05. The van der Waals surface area contributed by atoms with E-state index in [1.165, 1.54) is 0 Å². The third kappa shape index (κ3) is 5.39. The summed E-state index contributed by atoms with van der Waals surface area (Å²) >= 11 is 0. The zero-order valence-corrected chi connectivity index (χ0v) is 10.6. The second kappa shape index (κ2) is 7.38. The predicted octanol–water partition coefficient (Wildman–Crippen LogP) is 1.10. The highest BCUT2D eigenvalue weighted by Crippen LogP contribution is 2.11. The van der Waals surface area contributed by atoms with Crippen LogP contribution >= 0.6 is 0 Å². The molecule has 1 aromatic rings. The maximum atomic E-state index is 11.0. The Hall–Kier alpha value is -2.08. The highest BCUT2D eigenvalue weighted by Gasteiger charge is 2.17. The van der Waals surface area contributed by atoms with Gasteiger partial charge < -0.3 is 20.3 Å². The Kier molecular flexibility index (Phi) is 5.81. The van der Waals surface area contributed by atoms with Crippen LogP contribution in [-0.4, -0.2) is 35.3 Å². The smallest absolute Gasteiger partial charge is 0.320 e. The largest absolute Gasteiger partial charge is 0.497 e. The van der Waals surface area contributed by atoms with E-state index >= 15 is 0 Å². The van der Waals surface area contributed by atoms with Crippen LogP contribution in [-0.2, 0) is 16.1 Å². The van der Waals surface area contributed by atoms with Gasteiger partial charge in [-0.15, -0.1) is 0 Å². The van der Waals surface area contributed by atoms with E-state index in [2.05, 4.69) is 5.32 Å². The molecule has 1 aromatic carbocycles. The van der Waals surface area contributed by atoms with Crippen molar-refractivity contribution in [2.75, 3.05) is 7.11 Å². The van der Waals surface area contributed by atoms with E-state index in [0.29, 0.717) is 6.54 Å². The molecule has 0 radical (unpaired) electrons. The summed E-state index contributed by atoms with van der Waals surface area (Å²) < 4.78 is 5.02. The van der Waals surface area contributed by atoms with Gasteiger partial charge in [0.15, 0.2) is 0 Å². The fourth-order valence-corrected chi connectivity index (χ4v) is 1.57. The molecule has 19 heavy (non-hydrogen) atoms. The van der Waals surface area contributed by atoms with Gasteiger partial charge in [-0.2, -0.15) is 0 Å². The van der Waals surface area contributed by atoms with Gasteiger partial charge in [0.2, 0.25) is 0 Å². The molecule has 0 amide bonds. The van der Waals surface area contributed by atoms with Gasteiger partial charge >= 0.3 is 11.9 Å². The van der Waals surface area contributed by atoms with Gasteiger partial charge in [-0.05, 0) is 24.1 Å². The number of methoxy groups -OCH3 is 1. The molecule has 0 spiro atoms. The van der Waals surface area contributed by atoms with Crippen LogP contribution < -0.4 is 10.1 Å². The van der Waals surface area contributed by atoms with Gasteiger partial charge in [0.1, 0.15) is 11.8 Å². The Morgan fingerprint density at radius 2 is 1.89 bits per heavy atom.